The molecule has 1 aromatic carbocycles. The molecule has 3 nitrogen and oxygen atoms in total. The lowest BCUT2D eigenvalue weighted by Crippen LogP contribution is -2.30. The van der Waals surface area contributed by atoms with Crippen LogP contribution < -0.4 is 10.9 Å². The van der Waals surface area contributed by atoms with Gasteiger partial charge in [0.25, 0.3) is 5.43 Å². The smallest absolute Gasteiger partial charge is 0.269 e. The largest absolute Gasteiger partial charge is 0.503 e. The maximum atomic E-state index is 10.2. The first-order chi connectivity index (χ1) is 3.64. The molecule has 0 fully saturated rings. The van der Waals surface area contributed by atoms with Gasteiger partial charge in [-0.1, -0.05) is 0 Å². The van der Waals surface area contributed by atoms with Crippen LogP contribution in [-0.4, -0.2) is 5.11 Å². The summed E-state index contributed by atoms with van der Waals surface area (Å²) in [5, 5.41) is 8.42. The third-order valence-electron chi connectivity index (χ3n) is 0.829. The fourth-order valence-electron chi connectivity index (χ4n) is 0.352. The average molecular weight is 177 g/mol. The van der Waals surface area contributed by atoms with Crippen LogP contribution in [0.2, 0.25) is 0 Å². The molecule has 0 unspecified atom stereocenters. The zero-order valence-electron chi connectivity index (χ0n) is 3.64. The normalized spacial score (nSPS) is 10.1. The van der Waals surface area contributed by atoms with Gasteiger partial charge in [0.05, 0.1) is 0 Å². The van der Waals surface area contributed by atoms with Crippen LogP contribution in [-0.2, 0) is 0 Å². The summed E-state index contributed by atoms with van der Waals surface area (Å²) in [4.78, 5) is 20.2. The van der Waals surface area contributed by atoms with Gasteiger partial charge in [-0.2, -0.15) is 0 Å². The second-order valence-electron chi connectivity index (χ2n) is 1.32. The molecule has 42 valence electrons. The molecule has 0 aliphatic rings. The van der Waals surface area contributed by atoms with Gasteiger partial charge >= 0.3 is 0 Å². The third-order valence-corrected chi connectivity index (χ3v) is 1.56. The van der Waals surface area contributed by atoms with E-state index in [1.165, 1.54) is 0 Å². The van der Waals surface area contributed by atoms with Gasteiger partial charge in [0, 0.05) is 0 Å². The number of hydrogen-bond donors (Lipinski definition) is 1. The molecule has 0 heterocycles. The molecular weight excluding hydrogens is 176 g/mol. The Morgan fingerprint density at radius 1 is 1.25 bits per heavy atom. The molecule has 0 atom stereocenters. The minimum atomic E-state index is -0.808. The fourth-order valence-corrected chi connectivity index (χ4v) is 0.712. The summed E-state index contributed by atoms with van der Waals surface area (Å²) in [6.07, 6.45) is 0. The lowest BCUT2D eigenvalue weighted by atomic mass is 10.3. The van der Waals surface area contributed by atoms with E-state index in [1.807, 2.05) is 0 Å². The highest BCUT2D eigenvalue weighted by molar-refractivity contribution is 9.10. The maximum absolute atomic E-state index is 10.2. The first kappa shape index (κ1) is 5.50. The number of aromatic hydroxyl groups is 1. The van der Waals surface area contributed by atoms with E-state index in [2.05, 4.69) is 15.9 Å². The van der Waals surface area contributed by atoms with Crippen molar-refractivity contribution in [1.82, 2.24) is 0 Å². The molecule has 0 saturated carbocycles. The Balaban J connectivity index is 3.48. The molecular formula is C4HBrO3. The molecule has 0 aliphatic heterocycles. The van der Waals surface area contributed by atoms with Crippen molar-refractivity contribution in [3.05, 3.63) is 24.9 Å². The Morgan fingerprint density at radius 2 is 1.75 bits per heavy atom. The Hall–Kier alpha value is -0.640. The summed E-state index contributed by atoms with van der Waals surface area (Å²) in [5.74, 6) is -0.463. The summed E-state index contributed by atoms with van der Waals surface area (Å²) in [6.45, 7) is 0. The van der Waals surface area contributed by atoms with Gasteiger partial charge in [-0.15, -0.1) is 0 Å². The van der Waals surface area contributed by atoms with Gasteiger partial charge in [-0.05, 0) is 15.9 Å². The van der Waals surface area contributed by atoms with E-state index in [1.54, 1.807) is 0 Å². The van der Waals surface area contributed by atoms with Gasteiger partial charge < -0.3 is 5.11 Å². The van der Waals surface area contributed by atoms with Gasteiger partial charge in [-0.25, -0.2) is 0 Å². The van der Waals surface area contributed by atoms with E-state index >= 15 is 0 Å². The van der Waals surface area contributed by atoms with Crippen LogP contribution in [0, 0.1) is 0 Å². The Labute approximate surface area is 52.4 Å². The van der Waals surface area contributed by atoms with Crippen LogP contribution in [0.5, 0.6) is 5.75 Å². The minimum Gasteiger partial charge on any atom is -0.503 e. The van der Waals surface area contributed by atoms with Crippen molar-refractivity contribution >= 4 is 15.9 Å². The number of hydrogen-bond acceptors (Lipinski definition) is 3. The van der Waals surface area contributed by atoms with Gasteiger partial charge in [-0.3, -0.25) is 9.59 Å². The van der Waals surface area contributed by atoms with Crippen LogP contribution in [0.25, 0.3) is 0 Å². The first-order valence-electron chi connectivity index (χ1n) is 1.82. The molecule has 0 saturated heterocycles. The van der Waals surface area contributed by atoms with E-state index in [9.17, 15) is 9.59 Å². The SMILES string of the molecule is O=c1c(O)c(Br)c1=O. The van der Waals surface area contributed by atoms with E-state index in [-0.39, 0.29) is 4.47 Å². The molecule has 0 bridgehead atoms. The molecule has 0 amide bonds. The van der Waals surface area contributed by atoms with Gasteiger partial charge in [0.1, 0.15) is 4.47 Å². The van der Waals surface area contributed by atoms with E-state index in [0.717, 1.165) is 0 Å². The van der Waals surface area contributed by atoms with Crippen LogP contribution >= 0.6 is 15.9 Å². The fraction of sp³-hybridized carbons (Fsp3) is 0. The van der Waals surface area contributed by atoms with Crippen molar-refractivity contribution in [2.75, 3.05) is 0 Å². The average Bonchev–Trinajstić information content (AvgIpc) is 1.83. The third kappa shape index (κ3) is 0.432. The lowest BCUT2D eigenvalue weighted by Gasteiger charge is -1.92. The van der Waals surface area contributed by atoms with E-state index in [4.69, 9.17) is 5.11 Å². The van der Waals surface area contributed by atoms with E-state index < -0.39 is 16.6 Å². The van der Waals surface area contributed by atoms with Crippen LogP contribution in [0.1, 0.15) is 0 Å². The quantitative estimate of drug-likeness (QED) is 0.556. The monoisotopic (exact) mass is 176 g/mol. The first-order valence-corrected chi connectivity index (χ1v) is 2.61. The van der Waals surface area contributed by atoms with Crippen LogP contribution in [0.15, 0.2) is 14.1 Å². The second kappa shape index (κ2) is 1.42. The molecule has 1 rings (SSSR count). The molecule has 1 N–H and O–H groups in total. The number of rotatable bonds is 0. The summed E-state index contributed by atoms with van der Waals surface area (Å²) < 4.78 is -0.0116. The zero-order chi connectivity index (χ0) is 6.31. The molecule has 0 spiro atoms. The molecule has 0 aromatic heterocycles. The highest BCUT2D eigenvalue weighted by Gasteiger charge is 2.15. The number of halogens is 1. The zero-order valence-corrected chi connectivity index (χ0v) is 5.23. The topological polar surface area (TPSA) is 54.4 Å². The Kier molecular flexibility index (Phi) is 0.973. The minimum absolute atomic E-state index is 0.0116. The van der Waals surface area contributed by atoms with Crippen LogP contribution in [0.3, 0.4) is 0 Å². The van der Waals surface area contributed by atoms with Crippen molar-refractivity contribution in [3.63, 3.8) is 0 Å². The summed E-state index contributed by atoms with van der Waals surface area (Å²) in [5.41, 5.74) is -1.46. The van der Waals surface area contributed by atoms with Crippen LogP contribution in [0.4, 0.5) is 0 Å². The summed E-state index contributed by atoms with van der Waals surface area (Å²) in [7, 11) is 0. The van der Waals surface area contributed by atoms with Crippen molar-refractivity contribution in [1.29, 1.82) is 0 Å². The highest BCUT2D eigenvalue weighted by Crippen LogP contribution is 2.14. The summed E-state index contributed by atoms with van der Waals surface area (Å²) >= 11 is 2.69. The standard InChI is InChI=1S/C4HBrO3/c5-1-2(6)4(8)3(1)7/h6H. The molecule has 0 radical (unpaired) electrons. The van der Waals surface area contributed by atoms with Gasteiger partial charge in [0.15, 0.2) is 5.75 Å². The Morgan fingerprint density at radius 3 is 1.88 bits per heavy atom. The van der Waals surface area contributed by atoms with E-state index in [0.29, 0.717) is 0 Å². The molecule has 1 aromatic rings. The second-order valence-corrected chi connectivity index (χ2v) is 2.11. The molecule has 4 heteroatoms. The van der Waals surface area contributed by atoms with Crippen molar-refractivity contribution in [2.24, 2.45) is 0 Å². The van der Waals surface area contributed by atoms with Crippen molar-refractivity contribution in [3.8, 4) is 5.75 Å². The lowest BCUT2D eigenvalue weighted by molar-refractivity contribution is 0.458. The van der Waals surface area contributed by atoms with Gasteiger partial charge in [0.2, 0.25) is 5.43 Å². The molecule has 8 heavy (non-hydrogen) atoms. The highest BCUT2D eigenvalue weighted by atomic mass is 79.9. The Bertz CT molecular complexity index is 251. The predicted molar refractivity (Wildman–Crippen MR) is 30.7 cm³/mol. The summed E-state index contributed by atoms with van der Waals surface area (Å²) in [6, 6.07) is 0. The maximum Gasteiger partial charge on any atom is 0.269 e. The molecule has 0 aliphatic carbocycles. The van der Waals surface area contributed by atoms with Crippen molar-refractivity contribution in [2.45, 2.75) is 0 Å². The predicted octanol–water partition coefficient (Wildman–Crippen LogP) is -0.249. The van der Waals surface area contributed by atoms with Crippen molar-refractivity contribution < 1.29 is 5.11 Å².